The Hall–Kier alpha value is -2.14. The molecule has 0 saturated heterocycles. The summed E-state index contributed by atoms with van der Waals surface area (Å²) in [5.74, 6) is 0.403. The van der Waals surface area contributed by atoms with Gasteiger partial charge in [0.2, 0.25) is 0 Å². The molecule has 0 amide bonds. The molecule has 3 aromatic rings. The SMILES string of the molecule is O=c1[nH]c(CNCc2ccc(I)cc2)nn1-c1ccc(C(F)(F)F)cc1. The Kier molecular flexibility index (Phi) is 5.47. The van der Waals surface area contributed by atoms with Crippen molar-refractivity contribution in [3.63, 3.8) is 0 Å². The van der Waals surface area contributed by atoms with E-state index < -0.39 is 17.4 Å². The summed E-state index contributed by atoms with van der Waals surface area (Å²) in [6, 6.07) is 12.3. The van der Waals surface area contributed by atoms with E-state index in [0.717, 1.165) is 25.9 Å². The Morgan fingerprint density at radius 3 is 2.31 bits per heavy atom. The van der Waals surface area contributed by atoms with Crippen molar-refractivity contribution in [3.8, 4) is 5.69 Å². The van der Waals surface area contributed by atoms with E-state index in [9.17, 15) is 18.0 Å². The maximum Gasteiger partial charge on any atom is 0.416 e. The van der Waals surface area contributed by atoms with E-state index in [1.54, 1.807) is 0 Å². The van der Waals surface area contributed by atoms with E-state index in [2.05, 4.69) is 38.0 Å². The zero-order valence-electron chi connectivity index (χ0n) is 13.3. The molecule has 1 aromatic heterocycles. The quantitative estimate of drug-likeness (QED) is 0.557. The summed E-state index contributed by atoms with van der Waals surface area (Å²) in [6.45, 7) is 0.931. The van der Waals surface area contributed by atoms with Crippen LogP contribution in [-0.4, -0.2) is 14.8 Å². The largest absolute Gasteiger partial charge is 0.416 e. The van der Waals surface area contributed by atoms with Gasteiger partial charge in [0.05, 0.1) is 17.8 Å². The Bertz CT molecular complexity index is 930. The lowest BCUT2D eigenvalue weighted by molar-refractivity contribution is -0.137. The minimum absolute atomic E-state index is 0.267. The zero-order valence-corrected chi connectivity index (χ0v) is 15.5. The minimum Gasteiger partial charge on any atom is -0.306 e. The van der Waals surface area contributed by atoms with Gasteiger partial charge in [0, 0.05) is 10.1 Å². The molecule has 0 spiro atoms. The van der Waals surface area contributed by atoms with Crippen LogP contribution in [0, 0.1) is 3.57 Å². The number of aromatic nitrogens is 3. The predicted octanol–water partition coefficient (Wildman–Crippen LogP) is 3.47. The average Bonchev–Trinajstić information content (AvgIpc) is 2.97. The molecule has 5 nitrogen and oxygen atoms in total. The molecule has 3 rings (SSSR count). The number of alkyl halides is 3. The molecule has 1 heterocycles. The first-order valence-corrected chi connectivity index (χ1v) is 8.72. The second-order valence-electron chi connectivity index (χ2n) is 5.56. The standard InChI is InChI=1S/C17H14F3IN4O/c18-17(19,20)12-3-7-14(8-4-12)25-16(26)23-15(24-25)10-22-9-11-1-5-13(21)6-2-11/h1-8,22H,9-10H2,(H,23,24,26). The molecule has 2 aromatic carbocycles. The molecule has 9 heteroatoms. The third-order valence-electron chi connectivity index (χ3n) is 3.64. The number of H-pyrrole nitrogens is 1. The number of hydrogen-bond donors (Lipinski definition) is 2. The van der Waals surface area contributed by atoms with E-state index in [4.69, 9.17) is 0 Å². The maximum absolute atomic E-state index is 12.6. The van der Waals surface area contributed by atoms with Gasteiger partial charge in [-0.15, -0.1) is 5.10 Å². The minimum atomic E-state index is -4.42. The smallest absolute Gasteiger partial charge is 0.306 e. The molecule has 0 unspecified atom stereocenters. The molecular weight excluding hydrogens is 460 g/mol. The van der Waals surface area contributed by atoms with Crippen LogP contribution in [0.5, 0.6) is 0 Å². The maximum atomic E-state index is 12.6. The molecule has 0 atom stereocenters. The van der Waals surface area contributed by atoms with Crippen molar-refractivity contribution in [1.82, 2.24) is 20.1 Å². The normalized spacial score (nSPS) is 11.7. The molecule has 0 fully saturated rings. The van der Waals surface area contributed by atoms with Gasteiger partial charge in [-0.2, -0.15) is 17.9 Å². The van der Waals surface area contributed by atoms with Gasteiger partial charge in [-0.3, -0.25) is 4.98 Å². The second kappa shape index (κ2) is 7.62. The Morgan fingerprint density at radius 2 is 1.69 bits per heavy atom. The van der Waals surface area contributed by atoms with Crippen molar-refractivity contribution >= 4 is 22.6 Å². The van der Waals surface area contributed by atoms with Crippen molar-refractivity contribution < 1.29 is 13.2 Å². The number of rotatable bonds is 5. The van der Waals surface area contributed by atoms with Gasteiger partial charge in [0.25, 0.3) is 0 Å². The summed E-state index contributed by atoms with van der Waals surface area (Å²) >= 11 is 2.23. The third kappa shape index (κ3) is 4.52. The van der Waals surface area contributed by atoms with Gasteiger partial charge in [0.15, 0.2) is 0 Å². The molecule has 2 N–H and O–H groups in total. The van der Waals surface area contributed by atoms with Gasteiger partial charge in [-0.05, 0) is 64.6 Å². The molecule has 26 heavy (non-hydrogen) atoms. The highest BCUT2D eigenvalue weighted by Crippen LogP contribution is 2.29. The predicted molar refractivity (Wildman–Crippen MR) is 98.9 cm³/mol. The fraction of sp³-hybridized carbons (Fsp3) is 0.176. The third-order valence-corrected chi connectivity index (χ3v) is 4.36. The van der Waals surface area contributed by atoms with Crippen molar-refractivity contribution in [2.45, 2.75) is 19.3 Å². The van der Waals surface area contributed by atoms with Crippen LogP contribution in [0.25, 0.3) is 5.69 Å². The van der Waals surface area contributed by atoms with Gasteiger partial charge < -0.3 is 5.32 Å². The average molecular weight is 474 g/mol. The number of hydrogen-bond acceptors (Lipinski definition) is 3. The van der Waals surface area contributed by atoms with Gasteiger partial charge in [-0.25, -0.2) is 4.79 Å². The molecule has 0 aliphatic rings. The number of nitrogens with one attached hydrogen (secondary N) is 2. The van der Waals surface area contributed by atoms with E-state index in [0.29, 0.717) is 18.9 Å². The van der Waals surface area contributed by atoms with E-state index in [1.165, 1.54) is 12.1 Å². The topological polar surface area (TPSA) is 62.7 Å². The lowest BCUT2D eigenvalue weighted by Crippen LogP contribution is -2.16. The number of nitrogens with zero attached hydrogens (tertiary/aromatic N) is 2. The summed E-state index contributed by atoms with van der Waals surface area (Å²) in [4.78, 5) is 14.6. The molecule has 136 valence electrons. The number of aromatic amines is 1. The molecule has 0 bridgehead atoms. The first-order valence-electron chi connectivity index (χ1n) is 7.64. The fourth-order valence-electron chi connectivity index (χ4n) is 2.34. The van der Waals surface area contributed by atoms with Gasteiger partial charge in [-0.1, -0.05) is 12.1 Å². The Morgan fingerprint density at radius 1 is 1.04 bits per heavy atom. The molecule has 0 aliphatic heterocycles. The second-order valence-corrected chi connectivity index (χ2v) is 6.81. The fourth-order valence-corrected chi connectivity index (χ4v) is 2.70. The van der Waals surface area contributed by atoms with Crippen LogP contribution in [0.3, 0.4) is 0 Å². The first kappa shape index (κ1) is 18.6. The van der Waals surface area contributed by atoms with Crippen molar-refractivity contribution in [2.75, 3.05) is 0 Å². The van der Waals surface area contributed by atoms with Crippen LogP contribution in [-0.2, 0) is 19.3 Å². The lowest BCUT2D eigenvalue weighted by Gasteiger charge is -2.07. The van der Waals surface area contributed by atoms with Gasteiger partial charge >= 0.3 is 11.9 Å². The van der Waals surface area contributed by atoms with Crippen LogP contribution < -0.4 is 11.0 Å². The van der Waals surface area contributed by atoms with Crippen LogP contribution in [0.15, 0.2) is 53.3 Å². The molecule has 0 radical (unpaired) electrons. The molecule has 0 saturated carbocycles. The summed E-state index contributed by atoms with van der Waals surface area (Å²) in [6.07, 6.45) is -4.42. The van der Waals surface area contributed by atoms with Crippen LogP contribution >= 0.6 is 22.6 Å². The van der Waals surface area contributed by atoms with Gasteiger partial charge in [0.1, 0.15) is 5.82 Å². The highest BCUT2D eigenvalue weighted by atomic mass is 127. The van der Waals surface area contributed by atoms with Crippen LogP contribution in [0.1, 0.15) is 17.0 Å². The summed E-state index contributed by atoms with van der Waals surface area (Å²) < 4.78 is 40.0. The van der Waals surface area contributed by atoms with Crippen molar-refractivity contribution in [2.24, 2.45) is 0 Å². The van der Waals surface area contributed by atoms with Crippen LogP contribution in [0.4, 0.5) is 13.2 Å². The lowest BCUT2D eigenvalue weighted by atomic mass is 10.2. The highest BCUT2D eigenvalue weighted by Gasteiger charge is 2.30. The molecular formula is C17H14F3IN4O. The number of benzene rings is 2. The van der Waals surface area contributed by atoms with Crippen LogP contribution in [0.2, 0.25) is 0 Å². The Labute approximate surface area is 160 Å². The number of halogens is 4. The van der Waals surface area contributed by atoms with E-state index in [-0.39, 0.29) is 5.69 Å². The zero-order chi connectivity index (χ0) is 18.7. The van der Waals surface area contributed by atoms with Crippen molar-refractivity contribution in [3.05, 3.63) is 79.5 Å². The summed E-state index contributed by atoms with van der Waals surface area (Å²) in [7, 11) is 0. The summed E-state index contributed by atoms with van der Waals surface area (Å²) in [5.41, 5.74) is 0.0816. The monoisotopic (exact) mass is 474 g/mol. The van der Waals surface area contributed by atoms with Crippen molar-refractivity contribution in [1.29, 1.82) is 0 Å². The molecule has 0 aliphatic carbocycles. The van der Waals surface area contributed by atoms with E-state index in [1.807, 2.05) is 24.3 Å². The highest BCUT2D eigenvalue weighted by molar-refractivity contribution is 14.1. The Balaban J connectivity index is 1.67. The summed E-state index contributed by atoms with van der Waals surface area (Å²) in [5, 5.41) is 7.28. The van der Waals surface area contributed by atoms with E-state index >= 15 is 0 Å². The first-order chi connectivity index (χ1) is 12.3.